The Balaban J connectivity index is 1.73. The first-order valence-electron chi connectivity index (χ1n) is 9.81. The number of hydrogen-bond donors (Lipinski definition) is 5. The maximum absolute atomic E-state index is 13.3. The van der Waals surface area contributed by atoms with Crippen molar-refractivity contribution in [2.24, 2.45) is 0 Å². The summed E-state index contributed by atoms with van der Waals surface area (Å²) >= 11 is 10.6. The summed E-state index contributed by atoms with van der Waals surface area (Å²) in [5.74, 6) is 0.583. The molecule has 0 saturated carbocycles. The third-order valence-corrected chi connectivity index (χ3v) is 5.56. The highest BCUT2D eigenvalue weighted by atomic mass is 35.5. The summed E-state index contributed by atoms with van der Waals surface area (Å²) in [6.07, 6.45) is 1.62. The van der Waals surface area contributed by atoms with Gasteiger partial charge in [-0.15, -0.1) is 0 Å². The van der Waals surface area contributed by atoms with Gasteiger partial charge in [0.1, 0.15) is 11.9 Å². The van der Waals surface area contributed by atoms with Crippen LogP contribution in [-0.4, -0.2) is 21.6 Å². The van der Waals surface area contributed by atoms with Crippen LogP contribution in [0.1, 0.15) is 24.5 Å². The molecule has 1 aliphatic heterocycles. The largest absolute Gasteiger partial charge is 0.325 e. The lowest BCUT2D eigenvalue weighted by Gasteiger charge is -2.29. The molecule has 3 amide bonds. The van der Waals surface area contributed by atoms with Crippen LogP contribution in [0.15, 0.2) is 72.1 Å². The minimum atomic E-state index is -0.761. The number of imidazole rings is 1. The molecule has 4 N–H and O–H groups in total. The van der Waals surface area contributed by atoms with Crippen LogP contribution in [0.5, 0.6) is 0 Å². The molecule has 0 spiro atoms. The van der Waals surface area contributed by atoms with Crippen molar-refractivity contribution in [3.05, 3.63) is 88.6 Å². The number of carbonyl (C=O) groups excluding carboxylic acids is 2. The topological polar surface area (TPSA) is 100 Å². The fraction of sp³-hybridized carbons (Fsp3) is 0.136. The standard InChI is InChI=1S/C22H21ClN6O2S/c1-13-19(21(30)26-16-10-6-5-9-15(16)23)20(27-22(31)25-13)17-11-24-18(12-32)29(17)28-14-7-3-2-4-8-14/h2-11,20,28,32H,12H2,1H3,(H,26,30)(H2,25,27,31). The highest BCUT2D eigenvalue weighted by Crippen LogP contribution is 2.30. The van der Waals surface area contributed by atoms with E-state index in [0.717, 1.165) is 5.69 Å². The van der Waals surface area contributed by atoms with Gasteiger partial charge in [0.15, 0.2) is 0 Å². The Kier molecular flexibility index (Phi) is 6.38. The van der Waals surface area contributed by atoms with Gasteiger partial charge in [0, 0.05) is 5.70 Å². The van der Waals surface area contributed by atoms with E-state index in [-0.39, 0.29) is 0 Å². The summed E-state index contributed by atoms with van der Waals surface area (Å²) in [6, 6.07) is 15.3. The SMILES string of the molecule is CC1=C(C(=O)Nc2ccccc2Cl)C(c2cnc(CS)n2Nc2ccccc2)NC(=O)N1. The lowest BCUT2D eigenvalue weighted by atomic mass is 9.99. The molecule has 2 aromatic carbocycles. The zero-order valence-corrected chi connectivity index (χ0v) is 18.7. The van der Waals surface area contributed by atoms with E-state index in [1.54, 1.807) is 42.1 Å². The maximum atomic E-state index is 13.3. The lowest BCUT2D eigenvalue weighted by Crippen LogP contribution is -2.46. The molecule has 0 aliphatic carbocycles. The predicted molar refractivity (Wildman–Crippen MR) is 128 cm³/mol. The Morgan fingerprint density at radius 1 is 1.19 bits per heavy atom. The molecule has 0 saturated heterocycles. The van der Waals surface area contributed by atoms with E-state index in [4.69, 9.17) is 11.6 Å². The number of nitrogens with zero attached hydrogens (tertiary/aromatic N) is 2. The second kappa shape index (κ2) is 9.37. The van der Waals surface area contributed by atoms with Gasteiger partial charge in [-0.3, -0.25) is 10.2 Å². The molecule has 1 unspecified atom stereocenters. The highest BCUT2D eigenvalue weighted by Gasteiger charge is 2.34. The number of amides is 3. The van der Waals surface area contributed by atoms with Crippen molar-refractivity contribution in [1.29, 1.82) is 0 Å². The van der Waals surface area contributed by atoms with Crippen molar-refractivity contribution in [3.63, 3.8) is 0 Å². The first-order chi connectivity index (χ1) is 15.5. The molecule has 0 radical (unpaired) electrons. The summed E-state index contributed by atoms with van der Waals surface area (Å²) < 4.78 is 1.73. The molecule has 164 valence electrons. The second-order valence-electron chi connectivity index (χ2n) is 7.07. The lowest BCUT2D eigenvalue weighted by molar-refractivity contribution is -0.113. The number of para-hydroxylation sites is 2. The summed E-state index contributed by atoms with van der Waals surface area (Å²) in [5, 5.41) is 8.74. The molecule has 32 heavy (non-hydrogen) atoms. The van der Waals surface area contributed by atoms with Gasteiger partial charge in [0.05, 0.1) is 39.6 Å². The highest BCUT2D eigenvalue weighted by molar-refractivity contribution is 7.79. The monoisotopic (exact) mass is 468 g/mol. The second-order valence-corrected chi connectivity index (χ2v) is 7.80. The molecule has 3 aromatic rings. The van der Waals surface area contributed by atoms with Crippen LogP contribution in [0.4, 0.5) is 16.2 Å². The van der Waals surface area contributed by atoms with E-state index < -0.39 is 18.0 Å². The number of halogens is 1. The number of anilines is 2. The fourth-order valence-electron chi connectivity index (χ4n) is 3.46. The fourth-order valence-corrected chi connectivity index (χ4v) is 3.87. The molecular formula is C22H21ClN6O2S. The number of nitrogens with one attached hydrogen (secondary N) is 4. The molecule has 1 aliphatic rings. The third kappa shape index (κ3) is 4.44. The van der Waals surface area contributed by atoms with Crippen LogP contribution in [0.3, 0.4) is 0 Å². The molecule has 1 atom stereocenters. The number of urea groups is 1. The Hall–Kier alpha value is -3.43. The number of hydrogen-bond acceptors (Lipinski definition) is 5. The maximum Gasteiger partial charge on any atom is 0.319 e. The van der Waals surface area contributed by atoms with Crippen molar-refractivity contribution in [3.8, 4) is 0 Å². The van der Waals surface area contributed by atoms with Crippen molar-refractivity contribution in [2.75, 3.05) is 10.7 Å². The number of thiol groups is 1. The van der Waals surface area contributed by atoms with E-state index in [9.17, 15) is 9.59 Å². The zero-order valence-electron chi connectivity index (χ0n) is 17.1. The Morgan fingerprint density at radius 2 is 1.91 bits per heavy atom. The molecule has 0 fully saturated rings. The number of aromatic nitrogens is 2. The molecule has 0 bridgehead atoms. The van der Waals surface area contributed by atoms with Gasteiger partial charge in [-0.1, -0.05) is 41.9 Å². The van der Waals surface area contributed by atoms with E-state index in [1.165, 1.54) is 0 Å². The average Bonchev–Trinajstić information content (AvgIpc) is 3.17. The molecule has 10 heteroatoms. The van der Waals surface area contributed by atoms with Crippen LogP contribution in [-0.2, 0) is 10.5 Å². The number of benzene rings is 2. The summed E-state index contributed by atoms with van der Waals surface area (Å²) in [6.45, 7) is 1.68. The van der Waals surface area contributed by atoms with Crippen LogP contribution >= 0.6 is 24.2 Å². The molecule has 4 rings (SSSR count). The first kappa shape index (κ1) is 21.8. The smallest absolute Gasteiger partial charge is 0.319 e. The number of allylic oxidation sites excluding steroid dienone is 1. The van der Waals surface area contributed by atoms with Gasteiger partial charge >= 0.3 is 6.03 Å². The Morgan fingerprint density at radius 3 is 2.62 bits per heavy atom. The van der Waals surface area contributed by atoms with Crippen LogP contribution in [0.25, 0.3) is 0 Å². The van der Waals surface area contributed by atoms with Gasteiger partial charge in [-0.25, -0.2) is 14.5 Å². The van der Waals surface area contributed by atoms with E-state index >= 15 is 0 Å². The van der Waals surface area contributed by atoms with Gasteiger partial charge < -0.3 is 16.0 Å². The van der Waals surface area contributed by atoms with Crippen molar-refractivity contribution < 1.29 is 9.59 Å². The minimum Gasteiger partial charge on any atom is -0.325 e. The van der Waals surface area contributed by atoms with E-state index in [1.807, 2.05) is 30.3 Å². The minimum absolute atomic E-state index is 0.339. The molecular weight excluding hydrogens is 448 g/mol. The van der Waals surface area contributed by atoms with Gasteiger partial charge in [-0.05, 0) is 31.2 Å². The van der Waals surface area contributed by atoms with Crippen LogP contribution < -0.4 is 21.4 Å². The molecule has 1 aromatic heterocycles. The summed E-state index contributed by atoms with van der Waals surface area (Å²) in [5.41, 5.74) is 5.92. The molecule has 8 nitrogen and oxygen atoms in total. The van der Waals surface area contributed by atoms with Gasteiger partial charge in [0.2, 0.25) is 0 Å². The predicted octanol–water partition coefficient (Wildman–Crippen LogP) is 4.11. The quantitative estimate of drug-likeness (QED) is 0.351. The number of rotatable bonds is 6. The van der Waals surface area contributed by atoms with Crippen LogP contribution in [0, 0.1) is 0 Å². The average molecular weight is 469 g/mol. The number of carbonyl (C=O) groups is 2. The van der Waals surface area contributed by atoms with Crippen molar-refractivity contribution in [1.82, 2.24) is 20.3 Å². The van der Waals surface area contributed by atoms with E-state index in [0.29, 0.717) is 39.3 Å². The third-order valence-electron chi connectivity index (χ3n) is 4.95. The van der Waals surface area contributed by atoms with Crippen molar-refractivity contribution >= 4 is 47.5 Å². The first-order valence-corrected chi connectivity index (χ1v) is 10.8. The Labute approximate surface area is 195 Å². The summed E-state index contributed by atoms with van der Waals surface area (Å²) in [7, 11) is 0. The van der Waals surface area contributed by atoms with Crippen molar-refractivity contribution in [2.45, 2.75) is 18.7 Å². The zero-order chi connectivity index (χ0) is 22.7. The van der Waals surface area contributed by atoms with Gasteiger partial charge in [0.25, 0.3) is 5.91 Å². The van der Waals surface area contributed by atoms with E-state index in [2.05, 4.69) is 39.0 Å². The van der Waals surface area contributed by atoms with Gasteiger partial charge in [-0.2, -0.15) is 12.6 Å². The Bertz CT molecular complexity index is 1190. The summed E-state index contributed by atoms with van der Waals surface area (Å²) in [4.78, 5) is 30.0. The van der Waals surface area contributed by atoms with Crippen LogP contribution in [0.2, 0.25) is 5.02 Å². The molecule has 2 heterocycles. The normalized spacial score (nSPS) is 15.7.